The van der Waals surface area contributed by atoms with Crippen LogP contribution >= 0.6 is 15.9 Å². The number of aromatic nitrogens is 2. The lowest BCUT2D eigenvalue weighted by Crippen LogP contribution is -2.05. The van der Waals surface area contributed by atoms with E-state index in [-0.39, 0.29) is 0 Å². The van der Waals surface area contributed by atoms with E-state index in [2.05, 4.69) is 27.0 Å². The SMILES string of the molecule is Cc1nccn1-c1cc(Br)ccc1CN. The van der Waals surface area contributed by atoms with Crippen LogP contribution in [0.2, 0.25) is 0 Å². The van der Waals surface area contributed by atoms with E-state index < -0.39 is 0 Å². The molecule has 0 aliphatic carbocycles. The highest BCUT2D eigenvalue weighted by molar-refractivity contribution is 9.10. The number of rotatable bonds is 2. The minimum Gasteiger partial charge on any atom is -0.326 e. The zero-order valence-corrected chi connectivity index (χ0v) is 10.0. The molecular weight excluding hydrogens is 254 g/mol. The summed E-state index contributed by atoms with van der Waals surface area (Å²) in [4.78, 5) is 4.20. The van der Waals surface area contributed by atoms with Crippen molar-refractivity contribution >= 4 is 15.9 Å². The van der Waals surface area contributed by atoms with Gasteiger partial charge in [-0.2, -0.15) is 0 Å². The second-order valence-corrected chi connectivity index (χ2v) is 4.24. The van der Waals surface area contributed by atoms with Crippen LogP contribution in [0.1, 0.15) is 11.4 Å². The zero-order chi connectivity index (χ0) is 10.8. The van der Waals surface area contributed by atoms with Gasteiger partial charge in [0.05, 0.1) is 5.69 Å². The molecule has 0 aliphatic rings. The zero-order valence-electron chi connectivity index (χ0n) is 8.44. The molecule has 0 atom stereocenters. The Balaban J connectivity index is 2.60. The summed E-state index contributed by atoms with van der Waals surface area (Å²) >= 11 is 3.46. The van der Waals surface area contributed by atoms with E-state index in [0.717, 1.165) is 21.5 Å². The number of aryl methyl sites for hydroxylation is 1. The molecule has 2 N–H and O–H groups in total. The second-order valence-electron chi connectivity index (χ2n) is 3.32. The molecule has 1 heterocycles. The van der Waals surface area contributed by atoms with E-state index in [9.17, 15) is 0 Å². The van der Waals surface area contributed by atoms with Crippen molar-refractivity contribution in [2.24, 2.45) is 5.73 Å². The van der Waals surface area contributed by atoms with Crippen molar-refractivity contribution in [1.29, 1.82) is 0 Å². The Hall–Kier alpha value is -1.13. The van der Waals surface area contributed by atoms with Gasteiger partial charge in [-0.25, -0.2) is 4.98 Å². The molecule has 0 unspecified atom stereocenters. The summed E-state index contributed by atoms with van der Waals surface area (Å²) in [5.41, 5.74) is 7.90. The molecular formula is C11H12BrN3. The van der Waals surface area contributed by atoms with Crippen molar-refractivity contribution in [3.8, 4) is 5.69 Å². The average molecular weight is 266 g/mol. The summed E-state index contributed by atoms with van der Waals surface area (Å²) in [6.07, 6.45) is 3.73. The monoisotopic (exact) mass is 265 g/mol. The van der Waals surface area contributed by atoms with Crippen molar-refractivity contribution in [3.63, 3.8) is 0 Å². The van der Waals surface area contributed by atoms with Gasteiger partial charge in [0.2, 0.25) is 0 Å². The summed E-state index contributed by atoms with van der Waals surface area (Å²) in [7, 11) is 0. The normalized spacial score (nSPS) is 10.6. The third-order valence-corrected chi connectivity index (χ3v) is 2.85. The van der Waals surface area contributed by atoms with Gasteiger partial charge in [-0.3, -0.25) is 0 Å². The minimum atomic E-state index is 0.528. The summed E-state index contributed by atoms with van der Waals surface area (Å²) in [5.74, 6) is 0.961. The highest BCUT2D eigenvalue weighted by Crippen LogP contribution is 2.21. The first-order valence-electron chi connectivity index (χ1n) is 4.71. The number of nitrogens with two attached hydrogens (primary N) is 1. The molecule has 4 heteroatoms. The molecule has 0 fully saturated rings. The highest BCUT2D eigenvalue weighted by Gasteiger charge is 2.06. The van der Waals surface area contributed by atoms with E-state index in [4.69, 9.17) is 5.73 Å². The minimum absolute atomic E-state index is 0.528. The maximum atomic E-state index is 5.71. The second kappa shape index (κ2) is 4.16. The number of nitrogens with zero attached hydrogens (tertiary/aromatic N) is 2. The van der Waals surface area contributed by atoms with E-state index in [1.165, 1.54) is 0 Å². The third kappa shape index (κ3) is 1.96. The van der Waals surface area contributed by atoms with Gasteiger partial charge in [0.25, 0.3) is 0 Å². The largest absolute Gasteiger partial charge is 0.326 e. The van der Waals surface area contributed by atoms with Gasteiger partial charge in [0.1, 0.15) is 5.82 Å². The van der Waals surface area contributed by atoms with E-state index in [1.54, 1.807) is 6.20 Å². The number of halogens is 1. The van der Waals surface area contributed by atoms with Crippen LogP contribution < -0.4 is 5.73 Å². The Labute approximate surface area is 97.1 Å². The molecule has 3 nitrogen and oxygen atoms in total. The van der Waals surface area contributed by atoms with Crippen LogP contribution in [0.4, 0.5) is 0 Å². The van der Waals surface area contributed by atoms with Crippen LogP contribution in [-0.2, 0) is 6.54 Å². The smallest absolute Gasteiger partial charge is 0.110 e. The van der Waals surface area contributed by atoms with Crippen LogP contribution in [0.15, 0.2) is 35.1 Å². The molecule has 0 spiro atoms. The fourth-order valence-corrected chi connectivity index (χ4v) is 1.92. The van der Waals surface area contributed by atoms with Gasteiger partial charge < -0.3 is 10.3 Å². The molecule has 1 aromatic heterocycles. The van der Waals surface area contributed by atoms with E-state index in [0.29, 0.717) is 6.54 Å². The third-order valence-electron chi connectivity index (χ3n) is 2.35. The number of benzene rings is 1. The first-order valence-corrected chi connectivity index (χ1v) is 5.50. The Morgan fingerprint density at radius 1 is 1.47 bits per heavy atom. The summed E-state index contributed by atoms with van der Waals surface area (Å²) in [5, 5.41) is 0. The lowest BCUT2D eigenvalue weighted by Gasteiger charge is -2.10. The summed E-state index contributed by atoms with van der Waals surface area (Å²) in [6, 6.07) is 6.08. The molecule has 0 saturated carbocycles. The van der Waals surface area contributed by atoms with Gasteiger partial charge in [-0.1, -0.05) is 22.0 Å². The topological polar surface area (TPSA) is 43.8 Å². The number of hydrogen-bond acceptors (Lipinski definition) is 2. The Bertz CT molecular complexity index is 476. The van der Waals surface area contributed by atoms with Gasteiger partial charge in [-0.05, 0) is 24.6 Å². The maximum absolute atomic E-state index is 5.71. The number of hydrogen-bond donors (Lipinski definition) is 1. The van der Waals surface area contributed by atoms with Crippen LogP contribution in [-0.4, -0.2) is 9.55 Å². The van der Waals surface area contributed by atoms with Gasteiger partial charge in [0, 0.05) is 23.4 Å². The first-order chi connectivity index (χ1) is 7.22. The predicted molar refractivity (Wildman–Crippen MR) is 63.9 cm³/mol. The van der Waals surface area contributed by atoms with Crippen LogP contribution in [0.5, 0.6) is 0 Å². The Morgan fingerprint density at radius 3 is 2.87 bits per heavy atom. The van der Waals surface area contributed by atoms with Crippen molar-refractivity contribution in [3.05, 3.63) is 46.5 Å². The van der Waals surface area contributed by atoms with Crippen LogP contribution in [0.3, 0.4) is 0 Å². The number of imidazole rings is 1. The molecule has 0 bridgehead atoms. The standard InChI is InChI=1S/C11H12BrN3/c1-8-14-4-5-15(8)11-6-10(12)3-2-9(11)7-13/h2-6H,7,13H2,1H3. The average Bonchev–Trinajstić information content (AvgIpc) is 2.64. The van der Waals surface area contributed by atoms with E-state index >= 15 is 0 Å². The summed E-state index contributed by atoms with van der Waals surface area (Å²) in [6.45, 7) is 2.50. The maximum Gasteiger partial charge on any atom is 0.110 e. The highest BCUT2D eigenvalue weighted by atomic mass is 79.9. The fraction of sp³-hybridized carbons (Fsp3) is 0.182. The molecule has 0 radical (unpaired) electrons. The lowest BCUT2D eigenvalue weighted by molar-refractivity contribution is 0.936. The molecule has 1 aromatic carbocycles. The Kier molecular flexibility index (Phi) is 2.88. The summed E-state index contributed by atoms with van der Waals surface area (Å²) < 4.78 is 3.08. The predicted octanol–water partition coefficient (Wildman–Crippen LogP) is 2.40. The first kappa shape index (κ1) is 10.4. The Morgan fingerprint density at radius 2 is 2.27 bits per heavy atom. The van der Waals surface area contributed by atoms with Gasteiger partial charge in [0.15, 0.2) is 0 Å². The van der Waals surface area contributed by atoms with Crippen LogP contribution in [0.25, 0.3) is 5.69 Å². The molecule has 0 amide bonds. The van der Waals surface area contributed by atoms with Gasteiger partial charge in [-0.15, -0.1) is 0 Å². The molecule has 2 aromatic rings. The molecule has 78 valence electrons. The van der Waals surface area contributed by atoms with Gasteiger partial charge >= 0.3 is 0 Å². The van der Waals surface area contributed by atoms with E-state index in [1.807, 2.05) is 29.8 Å². The van der Waals surface area contributed by atoms with Crippen LogP contribution in [0, 0.1) is 6.92 Å². The van der Waals surface area contributed by atoms with Crippen molar-refractivity contribution < 1.29 is 0 Å². The quantitative estimate of drug-likeness (QED) is 0.907. The molecule has 0 saturated heterocycles. The molecule has 0 aliphatic heterocycles. The van der Waals surface area contributed by atoms with Crippen molar-refractivity contribution in [2.45, 2.75) is 13.5 Å². The fourth-order valence-electron chi connectivity index (χ4n) is 1.57. The van der Waals surface area contributed by atoms with Crippen molar-refractivity contribution in [1.82, 2.24) is 9.55 Å². The van der Waals surface area contributed by atoms with Crippen molar-refractivity contribution in [2.75, 3.05) is 0 Å². The molecule has 2 rings (SSSR count). The molecule has 15 heavy (non-hydrogen) atoms. The lowest BCUT2D eigenvalue weighted by atomic mass is 10.2.